The molecule has 1 unspecified atom stereocenters. The minimum Gasteiger partial charge on any atom is -0.453 e. The Balaban J connectivity index is 2.23. The minimum absolute atomic E-state index is 0.259. The zero-order chi connectivity index (χ0) is 12.0. The van der Waals surface area contributed by atoms with Crippen LogP contribution in [-0.4, -0.2) is 57.2 Å². The van der Waals surface area contributed by atoms with Crippen molar-refractivity contribution >= 4 is 12.0 Å². The van der Waals surface area contributed by atoms with Crippen molar-refractivity contribution in [3.63, 3.8) is 0 Å². The van der Waals surface area contributed by atoms with E-state index in [0.717, 1.165) is 26.1 Å². The van der Waals surface area contributed by atoms with Crippen LogP contribution in [0.5, 0.6) is 0 Å². The molecule has 0 saturated carbocycles. The Morgan fingerprint density at radius 1 is 1.50 bits per heavy atom. The number of ether oxygens (including phenoxy) is 1. The molecule has 0 bridgehead atoms. The molecular formula is C10H19N3O3. The van der Waals surface area contributed by atoms with Gasteiger partial charge in [0.25, 0.3) is 0 Å². The average molecular weight is 229 g/mol. The maximum absolute atomic E-state index is 11.4. The van der Waals surface area contributed by atoms with Gasteiger partial charge in [0.15, 0.2) is 0 Å². The number of amides is 2. The lowest BCUT2D eigenvalue weighted by Gasteiger charge is -2.14. The molecule has 1 fully saturated rings. The Hall–Kier alpha value is -1.14. The van der Waals surface area contributed by atoms with Crippen LogP contribution in [0.3, 0.4) is 0 Å². The third-order valence-corrected chi connectivity index (χ3v) is 2.66. The van der Waals surface area contributed by atoms with Gasteiger partial charge in [-0.3, -0.25) is 15.0 Å². The van der Waals surface area contributed by atoms with Crippen molar-refractivity contribution < 1.29 is 14.3 Å². The van der Waals surface area contributed by atoms with Gasteiger partial charge in [-0.2, -0.15) is 0 Å². The number of hydrogen-bond donors (Lipinski definition) is 2. The fourth-order valence-electron chi connectivity index (χ4n) is 1.92. The molecule has 1 atom stereocenters. The van der Waals surface area contributed by atoms with Gasteiger partial charge in [-0.15, -0.1) is 0 Å². The van der Waals surface area contributed by atoms with E-state index in [4.69, 9.17) is 0 Å². The molecule has 1 aliphatic heterocycles. The van der Waals surface area contributed by atoms with Crippen LogP contribution in [0.25, 0.3) is 0 Å². The molecule has 2 N–H and O–H groups in total. The lowest BCUT2D eigenvalue weighted by atomic mass is 10.1. The smallest absolute Gasteiger partial charge is 0.413 e. The Bertz CT molecular complexity index is 258. The summed E-state index contributed by atoms with van der Waals surface area (Å²) in [7, 11) is 3.16. The summed E-state index contributed by atoms with van der Waals surface area (Å²) >= 11 is 0. The number of nitrogens with one attached hydrogen (secondary N) is 2. The summed E-state index contributed by atoms with van der Waals surface area (Å²) in [6.45, 7) is 3.03. The Labute approximate surface area is 95.3 Å². The van der Waals surface area contributed by atoms with Gasteiger partial charge in [0, 0.05) is 6.54 Å². The third-order valence-electron chi connectivity index (χ3n) is 2.66. The monoisotopic (exact) mass is 229 g/mol. The summed E-state index contributed by atoms with van der Waals surface area (Å²) in [6.07, 6.45) is 0.391. The number of alkyl carbamates (subject to hydrolysis) is 1. The number of rotatable bonds is 4. The maximum Gasteiger partial charge on any atom is 0.413 e. The summed E-state index contributed by atoms with van der Waals surface area (Å²) < 4.78 is 4.35. The first-order valence-corrected chi connectivity index (χ1v) is 5.40. The van der Waals surface area contributed by atoms with Crippen molar-refractivity contribution in [3.05, 3.63) is 0 Å². The first kappa shape index (κ1) is 12.9. The Kier molecular flexibility index (Phi) is 5.21. The van der Waals surface area contributed by atoms with Gasteiger partial charge in [-0.1, -0.05) is 0 Å². The van der Waals surface area contributed by atoms with Crippen LogP contribution in [0, 0.1) is 5.92 Å². The molecule has 0 radical (unpaired) electrons. The molecule has 1 rings (SSSR count). The quantitative estimate of drug-likeness (QED) is 0.674. The molecule has 2 amide bonds. The predicted octanol–water partition coefficient (Wildman–Crippen LogP) is -0.590. The third kappa shape index (κ3) is 4.16. The number of hydrogen-bond acceptors (Lipinski definition) is 5. The van der Waals surface area contributed by atoms with E-state index in [-0.39, 0.29) is 12.5 Å². The summed E-state index contributed by atoms with van der Waals surface area (Å²) in [6, 6.07) is 0. The van der Waals surface area contributed by atoms with Gasteiger partial charge in [0.1, 0.15) is 0 Å². The lowest BCUT2D eigenvalue weighted by molar-refractivity contribution is -0.121. The van der Waals surface area contributed by atoms with Crippen LogP contribution < -0.4 is 10.6 Å². The van der Waals surface area contributed by atoms with Crippen molar-refractivity contribution in [1.82, 2.24) is 15.5 Å². The predicted molar refractivity (Wildman–Crippen MR) is 59.0 cm³/mol. The first-order valence-electron chi connectivity index (χ1n) is 5.40. The van der Waals surface area contributed by atoms with E-state index < -0.39 is 6.09 Å². The molecule has 0 aliphatic carbocycles. The molecule has 0 spiro atoms. The molecule has 0 aromatic carbocycles. The molecule has 92 valence electrons. The van der Waals surface area contributed by atoms with Crippen LogP contribution in [0.15, 0.2) is 0 Å². The molecule has 0 aromatic rings. The van der Waals surface area contributed by atoms with Gasteiger partial charge in [-0.25, -0.2) is 4.79 Å². The van der Waals surface area contributed by atoms with Crippen molar-refractivity contribution in [1.29, 1.82) is 0 Å². The minimum atomic E-state index is -0.698. The molecule has 6 nitrogen and oxygen atoms in total. The van der Waals surface area contributed by atoms with Gasteiger partial charge < -0.3 is 10.1 Å². The molecule has 0 aromatic heterocycles. The maximum atomic E-state index is 11.4. The van der Waals surface area contributed by atoms with E-state index in [9.17, 15) is 9.59 Å². The Morgan fingerprint density at radius 2 is 2.25 bits per heavy atom. The number of likely N-dealkylation sites (tertiary alicyclic amines) is 1. The summed E-state index contributed by atoms with van der Waals surface area (Å²) in [5.41, 5.74) is 0. The number of nitrogens with zero attached hydrogens (tertiary/aromatic N) is 1. The molecule has 6 heteroatoms. The standard InChI is InChI=1S/C10H19N3O3/c1-11-5-8-3-4-13(6-8)7-9(14)12-10(15)16-2/h8,11H,3-7H2,1-2H3,(H,12,14,15). The van der Waals surface area contributed by atoms with E-state index >= 15 is 0 Å². The van der Waals surface area contributed by atoms with Crippen LogP contribution in [-0.2, 0) is 9.53 Å². The summed E-state index contributed by atoms with van der Waals surface area (Å²) in [5.74, 6) is 0.285. The molecule has 16 heavy (non-hydrogen) atoms. The fourth-order valence-corrected chi connectivity index (χ4v) is 1.92. The van der Waals surface area contributed by atoms with Crippen LogP contribution >= 0.6 is 0 Å². The van der Waals surface area contributed by atoms with E-state index in [1.165, 1.54) is 7.11 Å². The van der Waals surface area contributed by atoms with Crippen LogP contribution in [0.4, 0.5) is 4.79 Å². The second-order valence-electron chi connectivity index (χ2n) is 3.99. The normalized spacial score (nSPS) is 20.8. The second-order valence-corrected chi connectivity index (χ2v) is 3.99. The zero-order valence-electron chi connectivity index (χ0n) is 9.78. The highest BCUT2D eigenvalue weighted by Crippen LogP contribution is 2.14. The van der Waals surface area contributed by atoms with Crippen LogP contribution in [0.2, 0.25) is 0 Å². The fraction of sp³-hybridized carbons (Fsp3) is 0.800. The van der Waals surface area contributed by atoms with Crippen molar-refractivity contribution in [3.8, 4) is 0 Å². The van der Waals surface area contributed by atoms with Crippen molar-refractivity contribution in [2.45, 2.75) is 6.42 Å². The van der Waals surface area contributed by atoms with Crippen molar-refractivity contribution in [2.75, 3.05) is 40.3 Å². The van der Waals surface area contributed by atoms with E-state index in [0.29, 0.717) is 5.92 Å². The largest absolute Gasteiger partial charge is 0.453 e. The second kappa shape index (κ2) is 6.44. The highest BCUT2D eigenvalue weighted by molar-refractivity contribution is 5.92. The van der Waals surface area contributed by atoms with E-state index in [1.54, 1.807) is 0 Å². The number of carbonyl (C=O) groups excluding carboxylic acids is 2. The van der Waals surface area contributed by atoms with Gasteiger partial charge >= 0.3 is 6.09 Å². The summed E-state index contributed by atoms with van der Waals surface area (Å²) in [5, 5.41) is 5.27. The van der Waals surface area contributed by atoms with Crippen molar-refractivity contribution in [2.24, 2.45) is 5.92 Å². The number of carbonyl (C=O) groups is 2. The molecular weight excluding hydrogens is 210 g/mol. The molecule has 1 aliphatic rings. The Morgan fingerprint density at radius 3 is 2.88 bits per heavy atom. The van der Waals surface area contributed by atoms with Gasteiger partial charge in [0.2, 0.25) is 5.91 Å². The van der Waals surface area contributed by atoms with Crippen LogP contribution in [0.1, 0.15) is 6.42 Å². The highest BCUT2D eigenvalue weighted by atomic mass is 16.5. The first-order chi connectivity index (χ1) is 7.65. The number of methoxy groups -OCH3 is 1. The SMILES string of the molecule is CNCC1CCN(CC(=O)NC(=O)OC)C1. The topological polar surface area (TPSA) is 70.7 Å². The van der Waals surface area contributed by atoms with E-state index in [1.807, 2.05) is 11.9 Å². The zero-order valence-corrected chi connectivity index (χ0v) is 9.78. The lowest BCUT2D eigenvalue weighted by Crippen LogP contribution is -2.39. The van der Waals surface area contributed by atoms with E-state index in [2.05, 4.69) is 15.4 Å². The highest BCUT2D eigenvalue weighted by Gasteiger charge is 2.23. The summed E-state index contributed by atoms with van der Waals surface area (Å²) in [4.78, 5) is 24.2. The number of imide groups is 1. The molecule has 1 saturated heterocycles. The van der Waals surface area contributed by atoms with Gasteiger partial charge in [-0.05, 0) is 32.5 Å². The average Bonchev–Trinajstić information content (AvgIpc) is 2.65. The van der Waals surface area contributed by atoms with Gasteiger partial charge in [0.05, 0.1) is 13.7 Å². The molecule has 1 heterocycles.